The Morgan fingerprint density at radius 1 is 1.24 bits per heavy atom. The average Bonchev–Trinajstić information content (AvgIpc) is 2.54. The molecule has 0 unspecified atom stereocenters. The molecule has 0 bridgehead atoms. The van der Waals surface area contributed by atoms with Crippen LogP contribution in [0.15, 0.2) is 59.8 Å². The number of hydrogen-bond acceptors (Lipinski definition) is 2. The lowest BCUT2D eigenvalue weighted by molar-refractivity contribution is -0.113. The molecule has 0 aromatic heterocycles. The highest BCUT2D eigenvalue weighted by Gasteiger charge is 2.31. The molecule has 4 nitrogen and oxygen atoms in total. The SMILES string of the molecule is CC1=C(C(=O)Nc2cccc(Cl)c2)[C@@H](c2ccccc2F)NC(=S)N1. The van der Waals surface area contributed by atoms with Gasteiger partial charge in [0.05, 0.1) is 11.6 Å². The number of nitrogens with one attached hydrogen (secondary N) is 3. The normalized spacial score (nSPS) is 16.9. The van der Waals surface area contributed by atoms with Gasteiger partial charge in [-0.05, 0) is 43.4 Å². The Hall–Kier alpha value is -2.44. The average molecular weight is 376 g/mol. The second-order valence-corrected chi connectivity index (χ2v) is 6.40. The minimum atomic E-state index is -0.686. The topological polar surface area (TPSA) is 53.2 Å². The standard InChI is InChI=1S/C18H15ClFN3OS/c1-10-15(17(24)22-12-6-4-5-11(19)9-12)16(23-18(25)21-10)13-7-2-3-8-14(13)20/h2-9,16H,1H3,(H,22,24)(H2,21,23,25)/t16-/m1/s1. The maximum Gasteiger partial charge on any atom is 0.255 e. The molecule has 3 rings (SSSR count). The molecule has 0 radical (unpaired) electrons. The van der Waals surface area contributed by atoms with Crippen LogP contribution in [0, 0.1) is 5.82 Å². The Kier molecular flexibility index (Phi) is 5.01. The zero-order chi connectivity index (χ0) is 18.0. The minimum absolute atomic E-state index is 0.338. The van der Waals surface area contributed by atoms with Gasteiger partial charge in [-0.2, -0.15) is 0 Å². The molecule has 1 aliphatic heterocycles. The first kappa shape index (κ1) is 17.4. The van der Waals surface area contributed by atoms with E-state index in [1.807, 2.05) is 0 Å². The van der Waals surface area contributed by atoms with Crippen LogP contribution in [0.3, 0.4) is 0 Å². The maximum absolute atomic E-state index is 14.3. The second kappa shape index (κ2) is 7.21. The molecule has 7 heteroatoms. The number of amides is 1. The molecule has 0 spiro atoms. The lowest BCUT2D eigenvalue weighted by Gasteiger charge is -2.30. The Morgan fingerprint density at radius 2 is 2.00 bits per heavy atom. The van der Waals surface area contributed by atoms with Gasteiger partial charge in [0, 0.05) is 22.0 Å². The Labute approximate surface area is 155 Å². The summed E-state index contributed by atoms with van der Waals surface area (Å²) in [6.45, 7) is 1.73. The van der Waals surface area contributed by atoms with Gasteiger partial charge in [-0.1, -0.05) is 35.9 Å². The van der Waals surface area contributed by atoms with Crippen LogP contribution in [-0.4, -0.2) is 11.0 Å². The Balaban J connectivity index is 1.97. The summed E-state index contributed by atoms with van der Waals surface area (Å²) in [5.74, 6) is -0.777. The molecule has 0 saturated carbocycles. The molecule has 1 aliphatic rings. The number of allylic oxidation sites excluding steroid dienone is 1. The molecule has 1 heterocycles. The third-order valence-corrected chi connectivity index (χ3v) is 4.27. The number of carbonyl (C=O) groups is 1. The van der Waals surface area contributed by atoms with Crippen molar-refractivity contribution in [1.29, 1.82) is 0 Å². The molecule has 1 amide bonds. The van der Waals surface area contributed by atoms with Crippen LogP contribution in [0.2, 0.25) is 5.02 Å². The summed E-state index contributed by atoms with van der Waals surface area (Å²) >= 11 is 11.1. The quantitative estimate of drug-likeness (QED) is 0.712. The van der Waals surface area contributed by atoms with Crippen molar-refractivity contribution >= 4 is 40.5 Å². The van der Waals surface area contributed by atoms with Crippen LogP contribution < -0.4 is 16.0 Å². The van der Waals surface area contributed by atoms with E-state index in [2.05, 4.69) is 16.0 Å². The van der Waals surface area contributed by atoms with Crippen molar-refractivity contribution in [2.75, 3.05) is 5.32 Å². The van der Waals surface area contributed by atoms with E-state index in [1.165, 1.54) is 6.07 Å². The lowest BCUT2D eigenvalue weighted by Crippen LogP contribution is -2.46. The van der Waals surface area contributed by atoms with Gasteiger partial charge in [0.25, 0.3) is 5.91 Å². The van der Waals surface area contributed by atoms with Crippen molar-refractivity contribution in [3.63, 3.8) is 0 Å². The zero-order valence-corrected chi connectivity index (χ0v) is 14.8. The molecule has 3 N–H and O–H groups in total. The number of anilines is 1. The molecule has 0 saturated heterocycles. The predicted molar refractivity (Wildman–Crippen MR) is 101 cm³/mol. The third-order valence-electron chi connectivity index (χ3n) is 3.81. The highest BCUT2D eigenvalue weighted by atomic mass is 35.5. The lowest BCUT2D eigenvalue weighted by atomic mass is 9.94. The second-order valence-electron chi connectivity index (χ2n) is 5.56. The van der Waals surface area contributed by atoms with Gasteiger partial charge in [0.15, 0.2) is 5.11 Å². The highest BCUT2D eigenvalue weighted by molar-refractivity contribution is 7.80. The minimum Gasteiger partial charge on any atom is -0.351 e. The number of benzene rings is 2. The summed E-state index contributed by atoms with van der Waals surface area (Å²) in [4.78, 5) is 12.8. The van der Waals surface area contributed by atoms with Crippen molar-refractivity contribution in [3.8, 4) is 0 Å². The van der Waals surface area contributed by atoms with Crippen LogP contribution in [0.25, 0.3) is 0 Å². The first-order valence-electron chi connectivity index (χ1n) is 7.55. The van der Waals surface area contributed by atoms with E-state index >= 15 is 0 Å². The number of hydrogen-bond donors (Lipinski definition) is 3. The van der Waals surface area contributed by atoms with Gasteiger partial charge < -0.3 is 16.0 Å². The van der Waals surface area contributed by atoms with Crippen LogP contribution >= 0.6 is 23.8 Å². The summed E-state index contributed by atoms with van der Waals surface area (Å²) < 4.78 is 14.3. The fourth-order valence-electron chi connectivity index (χ4n) is 2.70. The number of halogens is 2. The van der Waals surface area contributed by atoms with Crippen molar-refractivity contribution in [2.24, 2.45) is 0 Å². The van der Waals surface area contributed by atoms with E-state index in [1.54, 1.807) is 49.4 Å². The third kappa shape index (κ3) is 3.81. The van der Waals surface area contributed by atoms with Crippen molar-refractivity contribution in [2.45, 2.75) is 13.0 Å². The summed E-state index contributed by atoms with van der Waals surface area (Å²) in [5.41, 5.74) is 1.83. The monoisotopic (exact) mass is 375 g/mol. The molecule has 1 atom stereocenters. The molecule has 25 heavy (non-hydrogen) atoms. The smallest absolute Gasteiger partial charge is 0.255 e. The van der Waals surface area contributed by atoms with Crippen LogP contribution in [0.5, 0.6) is 0 Å². The van der Waals surface area contributed by atoms with E-state index in [4.69, 9.17) is 23.8 Å². The molecule has 128 valence electrons. The van der Waals surface area contributed by atoms with E-state index < -0.39 is 11.9 Å². The predicted octanol–water partition coefficient (Wildman–Crippen LogP) is 3.91. The molecule has 2 aromatic carbocycles. The Morgan fingerprint density at radius 3 is 2.72 bits per heavy atom. The van der Waals surface area contributed by atoms with Gasteiger partial charge in [-0.25, -0.2) is 4.39 Å². The first-order valence-corrected chi connectivity index (χ1v) is 8.34. The molecule has 2 aromatic rings. The van der Waals surface area contributed by atoms with Crippen molar-refractivity contribution in [3.05, 3.63) is 76.2 Å². The van der Waals surface area contributed by atoms with Gasteiger partial charge in [0.1, 0.15) is 5.82 Å². The van der Waals surface area contributed by atoms with E-state index in [-0.39, 0.29) is 5.91 Å². The fraction of sp³-hybridized carbons (Fsp3) is 0.111. The van der Waals surface area contributed by atoms with Crippen LogP contribution in [0.1, 0.15) is 18.5 Å². The summed E-state index contributed by atoms with van der Waals surface area (Å²) in [5, 5.41) is 9.52. The molecule has 0 aliphatic carbocycles. The highest BCUT2D eigenvalue weighted by Crippen LogP contribution is 2.29. The summed E-state index contributed by atoms with van der Waals surface area (Å²) in [7, 11) is 0. The van der Waals surface area contributed by atoms with E-state index in [0.29, 0.717) is 32.7 Å². The summed E-state index contributed by atoms with van der Waals surface area (Å²) in [6, 6.07) is 12.4. The molecular formula is C18H15ClFN3OS. The van der Waals surface area contributed by atoms with Gasteiger partial charge in [-0.3, -0.25) is 4.79 Å². The maximum atomic E-state index is 14.3. The zero-order valence-electron chi connectivity index (χ0n) is 13.3. The molecular weight excluding hydrogens is 361 g/mol. The number of carbonyl (C=O) groups excluding carboxylic acids is 1. The molecule has 0 fully saturated rings. The van der Waals surface area contributed by atoms with Crippen molar-refractivity contribution in [1.82, 2.24) is 10.6 Å². The van der Waals surface area contributed by atoms with Crippen molar-refractivity contribution < 1.29 is 9.18 Å². The van der Waals surface area contributed by atoms with Gasteiger partial charge in [-0.15, -0.1) is 0 Å². The van der Waals surface area contributed by atoms with Gasteiger partial charge >= 0.3 is 0 Å². The number of thiocarbonyl (C=S) groups is 1. The van der Waals surface area contributed by atoms with E-state index in [0.717, 1.165) is 0 Å². The largest absolute Gasteiger partial charge is 0.351 e. The van der Waals surface area contributed by atoms with Crippen LogP contribution in [0.4, 0.5) is 10.1 Å². The van der Waals surface area contributed by atoms with E-state index in [9.17, 15) is 9.18 Å². The Bertz CT molecular complexity index is 884. The first-order chi connectivity index (χ1) is 12.0. The van der Waals surface area contributed by atoms with Gasteiger partial charge in [0.2, 0.25) is 0 Å². The fourth-order valence-corrected chi connectivity index (χ4v) is 3.16. The summed E-state index contributed by atoms with van der Waals surface area (Å²) in [6.07, 6.45) is 0. The number of rotatable bonds is 3. The van der Waals surface area contributed by atoms with Crippen LogP contribution in [-0.2, 0) is 4.79 Å².